The van der Waals surface area contributed by atoms with Gasteiger partial charge in [0.25, 0.3) is 0 Å². The third-order valence-corrected chi connectivity index (χ3v) is 6.82. The van der Waals surface area contributed by atoms with Crippen LogP contribution >= 0.6 is 24.0 Å². The van der Waals surface area contributed by atoms with Gasteiger partial charge in [0.2, 0.25) is 0 Å². The highest BCUT2D eigenvalue weighted by Crippen LogP contribution is 2.24. The minimum absolute atomic E-state index is 0. The fourth-order valence-corrected chi connectivity index (χ4v) is 4.17. The Bertz CT molecular complexity index is 719. The number of sulfone groups is 1. The molecule has 0 atom stereocenters. The average molecular weight is 481 g/mol. The highest BCUT2D eigenvalue weighted by Gasteiger charge is 2.40. The van der Waals surface area contributed by atoms with Crippen LogP contribution in [0.5, 0.6) is 0 Å². The minimum Gasteiger partial charge on any atom is -0.362 e. The molecular weight excluding hydrogens is 453 g/mol. The van der Waals surface area contributed by atoms with Crippen LogP contribution in [0.15, 0.2) is 23.3 Å². The Morgan fingerprint density at radius 2 is 2.12 bits per heavy atom. The SMILES string of the molecule is CN=C(NCc1cccnc1N(C)C)N1CCS(=O)(=O)C(C)(C)C1.I. The van der Waals surface area contributed by atoms with Crippen molar-refractivity contribution in [2.24, 2.45) is 4.99 Å². The Morgan fingerprint density at radius 1 is 1.44 bits per heavy atom. The largest absolute Gasteiger partial charge is 0.362 e. The predicted molar refractivity (Wildman–Crippen MR) is 114 cm³/mol. The first-order chi connectivity index (χ1) is 11.2. The Balaban J connectivity index is 0.00000312. The number of nitrogens with zero attached hydrogens (tertiary/aromatic N) is 4. The number of aromatic nitrogens is 1. The van der Waals surface area contributed by atoms with E-state index in [1.807, 2.05) is 36.0 Å². The van der Waals surface area contributed by atoms with E-state index in [1.54, 1.807) is 27.1 Å². The van der Waals surface area contributed by atoms with Crippen LogP contribution in [0.2, 0.25) is 0 Å². The maximum Gasteiger partial charge on any atom is 0.193 e. The third kappa shape index (κ3) is 4.96. The topological polar surface area (TPSA) is 77.9 Å². The van der Waals surface area contributed by atoms with E-state index in [0.29, 0.717) is 25.6 Å². The molecule has 2 heterocycles. The van der Waals surface area contributed by atoms with Gasteiger partial charge in [-0.05, 0) is 19.9 Å². The van der Waals surface area contributed by atoms with Crippen molar-refractivity contribution >= 4 is 45.6 Å². The summed E-state index contributed by atoms with van der Waals surface area (Å²) < 4.78 is 23.5. The zero-order chi connectivity index (χ0) is 18.0. The normalized spacial score (nSPS) is 19.1. The number of guanidine groups is 1. The van der Waals surface area contributed by atoms with Crippen molar-refractivity contribution in [2.75, 3.05) is 44.9 Å². The van der Waals surface area contributed by atoms with Gasteiger partial charge >= 0.3 is 0 Å². The second-order valence-corrected chi connectivity index (χ2v) is 9.52. The molecule has 2 rings (SSSR count). The van der Waals surface area contributed by atoms with Crippen molar-refractivity contribution in [3.63, 3.8) is 0 Å². The maximum absolute atomic E-state index is 12.2. The maximum atomic E-state index is 12.2. The van der Waals surface area contributed by atoms with Gasteiger partial charge in [0.05, 0.1) is 10.5 Å². The highest BCUT2D eigenvalue weighted by molar-refractivity contribution is 14.0. The smallest absolute Gasteiger partial charge is 0.193 e. The van der Waals surface area contributed by atoms with Gasteiger partial charge in [0.1, 0.15) is 5.82 Å². The number of hydrogen-bond acceptors (Lipinski definition) is 5. The Hall–Kier alpha value is -1.10. The van der Waals surface area contributed by atoms with Crippen LogP contribution in [-0.2, 0) is 16.4 Å². The molecule has 0 radical (unpaired) electrons. The van der Waals surface area contributed by atoms with E-state index in [9.17, 15) is 8.42 Å². The van der Waals surface area contributed by atoms with Gasteiger partial charge in [-0.25, -0.2) is 13.4 Å². The Morgan fingerprint density at radius 3 is 2.68 bits per heavy atom. The number of anilines is 1. The molecule has 1 fully saturated rings. The highest BCUT2D eigenvalue weighted by atomic mass is 127. The summed E-state index contributed by atoms with van der Waals surface area (Å²) in [5.74, 6) is 1.77. The lowest BCUT2D eigenvalue weighted by molar-refractivity contribution is 0.353. The fraction of sp³-hybridized carbons (Fsp3) is 0.625. The van der Waals surface area contributed by atoms with Crippen molar-refractivity contribution in [1.29, 1.82) is 0 Å². The molecule has 0 saturated carbocycles. The first kappa shape index (κ1) is 21.9. The lowest BCUT2D eigenvalue weighted by atomic mass is 10.2. The number of aliphatic imine (C=N–C) groups is 1. The zero-order valence-electron chi connectivity index (χ0n) is 15.5. The number of hydrogen-bond donors (Lipinski definition) is 1. The zero-order valence-corrected chi connectivity index (χ0v) is 18.6. The predicted octanol–water partition coefficient (Wildman–Crippen LogP) is 1.35. The van der Waals surface area contributed by atoms with Crippen molar-refractivity contribution in [3.05, 3.63) is 23.9 Å². The van der Waals surface area contributed by atoms with E-state index in [0.717, 1.165) is 11.4 Å². The van der Waals surface area contributed by atoms with E-state index >= 15 is 0 Å². The molecule has 142 valence electrons. The Kier molecular flexibility index (Phi) is 7.48. The molecule has 1 N–H and O–H groups in total. The van der Waals surface area contributed by atoms with Crippen LogP contribution in [0.3, 0.4) is 0 Å². The van der Waals surface area contributed by atoms with Gasteiger partial charge < -0.3 is 15.1 Å². The lowest BCUT2D eigenvalue weighted by Gasteiger charge is -2.39. The first-order valence-electron chi connectivity index (χ1n) is 7.97. The van der Waals surface area contributed by atoms with Crippen LogP contribution in [0.4, 0.5) is 5.82 Å². The van der Waals surface area contributed by atoms with Crippen LogP contribution in [0, 0.1) is 0 Å². The van der Waals surface area contributed by atoms with E-state index in [4.69, 9.17) is 0 Å². The van der Waals surface area contributed by atoms with Crippen molar-refractivity contribution < 1.29 is 8.42 Å². The summed E-state index contributed by atoms with van der Waals surface area (Å²) in [6.07, 6.45) is 1.77. The van der Waals surface area contributed by atoms with E-state index in [-0.39, 0.29) is 29.7 Å². The summed E-state index contributed by atoms with van der Waals surface area (Å²) in [5, 5.41) is 3.33. The van der Waals surface area contributed by atoms with E-state index in [1.165, 1.54) is 0 Å². The molecule has 0 bridgehead atoms. The van der Waals surface area contributed by atoms with Gasteiger partial charge in [0.15, 0.2) is 15.8 Å². The molecule has 0 aliphatic carbocycles. The minimum atomic E-state index is -3.06. The van der Waals surface area contributed by atoms with Crippen LogP contribution in [0.25, 0.3) is 0 Å². The third-order valence-electron chi connectivity index (χ3n) is 4.28. The second-order valence-electron chi connectivity index (χ2n) is 6.78. The summed E-state index contributed by atoms with van der Waals surface area (Å²) in [6, 6.07) is 3.93. The number of rotatable bonds is 3. The van der Waals surface area contributed by atoms with Crippen molar-refractivity contribution in [2.45, 2.75) is 25.1 Å². The van der Waals surface area contributed by atoms with Crippen molar-refractivity contribution in [3.8, 4) is 0 Å². The number of nitrogens with one attached hydrogen (secondary N) is 1. The van der Waals surface area contributed by atoms with Crippen LogP contribution in [-0.4, -0.2) is 69.0 Å². The number of pyridine rings is 1. The summed E-state index contributed by atoms with van der Waals surface area (Å²) in [5.41, 5.74) is 1.06. The molecule has 0 spiro atoms. The van der Waals surface area contributed by atoms with Gasteiger partial charge in [0, 0.05) is 52.5 Å². The molecule has 1 aliphatic heterocycles. The standard InChI is InChI=1S/C16H27N5O2S.HI/c1-16(2)12-21(9-10-24(16,22)23)15(17-3)19-11-13-7-6-8-18-14(13)20(4)5;/h6-8H,9-12H2,1-5H3,(H,17,19);1H. The molecule has 1 aromatic heterocycles. The van der Waals surface area contributed by atoms with Gasteiger partial charge in [-0.15, -0.1) is 24.0 Å². The van der Waals surface area contributed by atoms with Crippen LogP contribution in [0.1, 0.15) is 19.4 Å². The summed E-state index contributed by atoms with van der Waals surface area (Å²) >= 11 is 0. The molecule has 25 heavy (non-hydrogen) atoms. The molecule has 1 aromatic rings. The van der Waals surface area contributed by atoms with Gasteiger partial charge in [-0.1, -0.05) is 6.07 Å². The van der Waals surface area contributed by atoms with Gasteiger partial charge in [-0.3, -0.25) is 4.99 Å². The molecule has 7 nitrogen and oxygen atoms in total. The average Bonchev–Trinajstić information content (AvgIpc) is 2.51. The molecule has 0 unspecified atom stereocenters. The van der Waals surface area contributed by atoms with Gasteiger partial charge in [-0.2, -0.15) is 0 Å². The fourth-order valence-electron chi connectivity index (χ4n) is 2.80. The summed E-state index contributed by atoms with van der Waals surface area (Å²) in [7, 11) is 2.57. The lowest BCUT2D eigenvalue weighted by Crippen LogP contribution is -2.57. The molecule has 0 amide bonds. The Labute approximate surface area is 167 Å². The summed E-state index contributed by atoms with van der Waals surface area (Å²) in [4.78, 5) is 12.7. The van der Waals surface area contributed by atoms with E-state index < -0.39 is 14.6 Å². The van der Waals surface area contributed by atoms with E-state index in [2.05, 4.69) is 15.3 Å². The molecule has 9 heteroatoms. The first-order valence-corrected chi connectivity index (χ1v) is 9.62. The van der Waals surface area contributed by atoms with Crippen molar-refractivity contribution in [1.82, 2.24) is 15.2 Å². The second kappa shape index (κ2) is 8.52. The molecular formula is C16H28IN5O2S. The molecule has 0 aromatic carbocycles. The quantitative estimate of drug-likeness (QED) is 0.399. The summed E-state index contributed by atoms with van der Waals surface area (Å²) in [6.45, 7) is 5.01. The van der Waals surface area contributed by atoms with Crippen LogP contribution < -0.4 is 10.2 Å². The number of halogens is 1. The molecule has 1 saturated heterocycles. The molecule has 1 aliphatic rings. The monoisotopic (exact) mass is 481 g/mol.